The molecule has 120 valence electrons. The average molecular weight is 326 g/mol. The number of benzene rings is 1. The summed E-state index contributed by atoms with van der Waals surface area (Å²) in [5, 5.41) is 0.498. The van der Waals surface area contributed by atoms with E-state index in [1.165, 1.54) is 0 Å². The molecule has 1 fully saturated rings. The summed E-state index contributed by atoms with van der Waals surface area (Å²) in [4.78, 5) is 14.3. The van der Waals surface area contributed by atoms with Crippen LogP contribution in [-0.2, 0) is 16.0 Å². The van der Waals surface area contributed by atoms with Crippen molar-refractivity contribution in [2.24, 2.45) is 0 Å². The molecule has 2 aliphatic heterocycles. The molecule has 5 nitrogen and oxygen atoms in total. The van der Waals surface area contributed by atoms with E-state index in [0.29, 0.717) is 55.9 Å². The van der Waals surface area contributed by atoms with Gasteiger partial charge in [0, 0.05) is 19.5 Å². The van der Waals surface area contributed by atoms with Crippen molar-refractivity contribution in [1.82, 2.24) is 4.90 Å². The normalized spacial score (nSPS) is 21.4. The molecule has 3 rings (SSSR count). The number of rotatable bonds is 2. The van der Waals surface area contributed by atoms with Crippen molar-refractivity contribution >= 4 is 17.5 Å². The largest absolute Gasteiger partial charge is 0.489 e. The summed E-state index contributed by atoms with van der Waals surface area (Å²) in [5.74, 6) is 1.29. The van der Waals surface area contributed by atoms with E-state index in [-0.39, 0.29) is 12.0 Å². The Bertz CT molecular complexity index is 563. The van der Waals surface area contributed by atoms with Crippen molar-refractivity contribution < 1.29 is 19.0 Å². The quantitative estimate of drug-likeness (QED) is 0.837. The van der Waals surface area contributed by atoms with E-state index in [4.69, 9.17) is 25.8 Å². The van der Waals surface area contributed by atoms with Gasteiger partial charge >= 0.3 is 0 Å². The van der Waals surface area contributed by atoms with Crippen LogP contribution in [0.2, 0.25) is 5.02 Å². The van der Waals surface area contributed by atoms with E-state index in [0.717, 1.165) is 12.0 Å². The number of morpholine rings is 1. The first-order chi connectivity index (χ1) is 10.6. The van der Waals surface area contributed by atoms with Crippen LogP contribution in [0.5, 0.6) is 11.5 Å². The number of hydrogen-bond acceptors (Lipinski definition) is 4. The Morgan fingerprint density at radius 3 is 2.95 bits per heavy atom. The van der Waals surface area contributed by atoms with Gasteiger partial charge in [-0.1, -0.05) is 11.6 Å². The van der Waals surface area contributed by atoms with Gasteiger partial charge < -0.3 is 19.1 Å². The Kier molecular flexibility index (Phi) is 4.74. The molecule has 0 unspecified atom stereocenters. The van der Waals surface area contributed by atoms with Gasteiger partial charge in [0.05, 0.1) is 37.4 Å². The van der Waals surface area contributed by atoms with Crippen LogP contribution in [0.1, 0.15) is 18.9 Å². The van der Waals surface area contributed by atoms with Crippen molar-refractivity contribution in [3.63, 3.8) is 0 Å². The van der Waals surface area contributed by atoms with Gasteiger partial charge in [0.25, 0.3) is 0 Å². The fourth-order valence-electron chi connectivity index (χ4n) is 2.72. The zero-order chi connectivity index (χ0) is 15.5. The molecule has 2 aliphatic rings. The second-order valence-corrected chi connectivity index (χ2v) is 6.06. The fourth-order valence-corrected chi connectivity index (χ4v) is 3.01. The van der Waals surface area contributed by atoms with Crippen LogP contribution in [0.3, 0.4) is 0 Å². The summed E-state index contributed by atoms with van der Waals surface area (Å²) >= 11 is 6.26. The minimum absolute atomic E-state index is 0.0840. The van der Waals surface area contributed by atoms with Crippen molar-refractivity contribution in [2.45, 2.75) is 25.9 Å². The maximum Gasteiger partial charge on any atom is 0.227 e. The third-order valence-corrected chi connectivity index (χ3v) is 4.09. The van der Waals surface area contributed by atoms with Crippen LogP contribution in [0.25, 0.3) is 0 Å². The van der Waals surface area contributed by atoms with E-state index >= 15 is 0 Å². The minimum Gasteiger partial charge on any atom is -0.489 e. The number of nitrogens with zero attached hydrogens (tertiary/aromatic N) is 1. The third kappa shape index (κ3) is 3.47. The Labute approximate surface area is 135 Å². The summed E-state index contributed by atoms with van der Waals surface area (Å²) in [6.45, 7) is 5.04. The molecule has 0 saturated carbocycles. The zero-order valence-electron chi connectivity index (χ0n) is 12.6. The van der Waals surface area contributed by atoms with E-state index in [1.807, 2.05) is 17.9 Å². The van der Waals surface area contributed by atoms with Gasteiger partial charge in [-0.2, -0.15) is 0 Å². The average Bonchev–Trinajstić information content (AvgIpc) is 2.73. The molecule has 22 heavy (non-hydrogen) atoms. The van der Waals surface area contributed by atoms with E-state index < -0.39 is 0 Å². The lowest BCUT2D eigenvalue weighted by molar-refractivity contribution is -0.137. The SMILES string of the molecule is C[C@@H]1CN(C(=O)Cc2cc(Cl)c3c(c2)OCCCO3)CCO1. The molecule has 0 radical (unpaired) electrons. The lowest BCUT2D eigenvalue weighted by Gasteiger charge is -2.31. The van der Waals surface area contributed by atoms with E-state index in [9.17, 15) is 4.79 Å². The van der Waals surface area contributed by atoms with E-state index in [1.54, 1.807) is 6.07 Å². The first kappa shape index (κ1) is 15.4. The van der Waals surface area contributed by atoms with Crippen LogP contribution in [0, 0.1) is 0 Å². The van der Waals surface area contributed by atoms with Crippen molar-refractivity contribution in [3.05, 3.63) is 22.7 Å². The molecule has 1 atom stereocenters. The molecule has 1 aromatic carbocycles. The maximum absolute atomic E-state index is 12.4. The maximum atomic E-state index is 12.4. The Morgan fingerprint density at radius 1 is 1.32 bits per heavy atom. The molecule has 0 aliphatic carbocycles. The minimum atomic E-state index is 0.0840. The monoisotopic (exact) mass is 325 g/mol. The van der Waals surface area contributed by atoms with Gasteiger partial charge in [-0.05, 0) is 24.6 Å². The topological polar surface area (TPSA) is 48.0 Å². The van der Waals surface area contributed by atoms with E-state index in [2.05, 4.69) is 0 Å². The lowest BCUT2D eigenvalue weighted by atomic mass is 10.1. The predicted molar refractivity (Wildman–Crippen MR) is 82.8 cm³/mol. The standard InChI is InChI=1S/C16H20ClNO4/c1-11-10-18(3-6-20-11)15(19)9-12-7-13(17)16-14(8-12)21-4-2-5-22-16/h7-8,11H,2-6,9-10H2,1H3/t11-/m1/s1. The molecular formula is C16H20ClNO4. The van der Waals surface area contributed by atoms with Crippen molar-refractivity contribution in [2.75, 3.05) is 32.9 Å². The second-order valence-electron chi connectivity index (χ2n) is 5.65. The molecular weight excluding hydrogens is 306 g/mol. The predicted octanol–water partition coefficient (Wildman–Crippen LogP) is 2.29. The third-order valence-electron chi connectivity index (χ3n) is 3.81. The molecule has 0 spiro atoms. The van der Waals surface area contributed by atoms with Crippen LogP contribution < -0.4 is 9.47 Å². The van der Waals surface area contributed by atoms with Crippen LogP contribution in [0.4, 0.5) is 0 Å². The van der Waals surface area contributed by atoms with Gasteiger partial charge in [-0.25, -0.2) is 0 Å². The molecule has 0 N–H and O–H groups in total. The number of carbonyl (C=O) groups excluding carboxylic acids is 1. The smallest absolute Gasteiger partial charge is 0.227 e. The molecule has 1 amide bonds. The van der Waals surface area contributed by atoms with Gasteiger partial charge in [-0.15, -0.1) is 0 Å². The molecule has 6 heteroatoms. The first-order valence-corrected chi connectivity index (χ1v) is 7.98. The van der Waals surface area contributed by atoms with Crippen LogP contribution >= 0.6 is 11.6 Å². The molecule has 1 saturated heterocycles. The second kappa shape index (κ2) is 6.75. The Hall–Kier alpha value is -1.46. The number of fused-ring (bicyclic) bond motifs is 1. The summed E-state index contributed by atoms with van der Waals surface area (Å²) in [7, 11) is 0. The fraction of sp³-hybridized carbons (Fsp3) is 0.562. The summed E-state index contributed by atoms with van der Waals surface area (Å²) in [5.41, 5.74) is 0.846. The first-order valence-electron chi connectivity index (χ1n) is 7.61. The summed E-state index contributed by atoms with van der Waals surface area (Å²) < 4.78 is 16.7. The Morgan fingerprint density at radius 2 is 2.14 bits per heavy atom. The highest BCUT2D eigenvalue weighted by Gasteiger charge is 2.23. The molecule has 0 aromatic heterocycles. The Balaban J connectivity index is 1.73. The molecule has 2 heterocycles. The van der Waals surface area contributed by atoms with Gasteiger partial charge in [0.1, 0.15) is 0 Å². The number of halogens is 1. The van der Waals surface area contributed by atoms with Crippen LogP contribution in [0.15, 0.2) is 12.1 Å². The molecule has 1 aromatic rings. The van der Waals surface area contributed by atoms with Gasteiger partial charge in [0.2, 0.25) is 5.91 Å². The summed E-state index contributed by atoms with van der Waals surface area (Å²) in [6, 6.07) is 3.64. The van der Waals surface area contributed by atoms with Crippen LogP contribution in [-0.4, -0.2) is 49.8 Å². The van der Waals surface area contributed by atoms with Crippen molar-refractivity contribution in [1.29, 1.82) is 0 Å². The number of ether oxygens (including phenoxy) is 3. The lowest BCUT2D eigenvalue weighted by Crippen LogP contribution is -2.45. The zero-order valence-corrected chi connectivity index (χ0v) is 13.4. The number of hydrogen-bond donors (Lipinski definition) is 0. The summed E-state index contributed by atoms with van der Waals surface area (Å²) in [6.07, 6.45) is 1.22. The molecule has 0 bridgehead atoms. The number of amides is 1. The van der Waals surface area contributed by atoms with Gasteiger partial charge in [0.15, 0.2) is 11.5 Å². The van der Waals surface area contributed by atoms with Gasteiger partial charge in [-0.3, -0.25) is 4.79 Å². The highest BCUT2D eigenvalue weighted by Crippen LogP contribution is 2.38. The van der Waals surface area contributed by atoms with Crippen molar-refractivity contribution in [3.8, 4) is 11.5 Å². The highest BCUT2D eigenvalue weighted by molar-refractivity contribution is 6.32. The highest BCUT2D eigenvalue weighted by atomic mass is 35.5. The number of carbonyl (C=O) groups is 1.